The summed E-state index contributed by atoms with van der Waals surface area (Å²) in [6.45, 7) is 1.30. The minimum absolute atomic E-state index is 0.622. The van der Waals surface area contributed by atoms with E-state index in [-0.39, 0.29) is 0 Å². The standard InChI is InChI=1S/C7H19NS/c1-8(2,3)6-7-9(4)5/h6-7H2,1-5H3/q+2. The summed E-state index contributed by atoms with van der Waals surface area (Å²) in [4.78, 5) is 0. The van der Waals surface area contributed by atoms with Crippen molar-refractivity contribution in [2.24, 2.45) is 0 Å². The zero-order valence-corrected chi connectivity index (χ0v) is 8.09. The van der Waals surface area contributed by atoms with Crippen molar-refractivity contribution in [3.05, 3.63) is 0 Å². The lowest BCUT2D eigenvalue weighted by Crippen LogP contribution is -2.38. The van der Waals surface area contributed by atoms with Crippen LogP contribution in [0.25, 0.3) is 0 Å². The minimum Gasteiger partial charge on any atom is -0.327 e. The van der Waals surface area contributed by atoms with Crippen molar-refractivity contribution in [2.45, 2.75) is 0 Å². The maximum Gasteiger partial charge on any atom is 0.156 e. The number of hydrogen-bond acceptors (Lipinski definition) is 0. The third-order valence-corrected chi connectivity index (χ3v) is 2.17. The molecule has 0 heterocycles. The maximum atomic E-state index is 2.30. The van der Waals surface area contributed by atoms with Gasteiger partial charge in [-0.1, -0.05) is 0 Å². The van der Waals surface area contributed by atoms with Gasteiger partial charge in [0.05, 0.1) is 33.7 Å². The van der Waals surface area contributed by atoms with Gasteiger partial charge < -0.3 is 4.48 Å². The Morgan fingerprint density at radius 2 is 1.56 bits per heavy atom. The highest BCUT2D eigenvalue weighted by Crippen LogP contribution is 1.92. The molecular weight excluding hydrogens is 130 g/mol. The van der Waals surface area contributed by atoms with Crippen molar-refractivity contribution in [1.29, 1.82) is 0 Å². The second-order valence-electron chi connectivity index (χ2n) is 3.70. The van der Waals surface area contributed by atoms with Crippen LogP contribution < -0.4 is 0 Å². The van der Waals surface area contributed by atoms with Crippen molar-refractivity contribution >= 4 is 10.9 Å². The van der Waals surface area contributed by atoms with E-state index in [4.69, 9.17) is 0 Å². The van der Waals surface area contributed by atoms with Crippen molar-refractivity contribution in [3.63, 3.8) is 0 Å². The van der Waals surface area contributed by atoms with Crippen LogP contribution in [-0.2, 0) is 10.9 Å². The van der Waals surface area contributed by atoms with Crippen LogP contribution in [0.3, 0.4) is 0 Å². The fraction of sp³-hybridized carbons (Fsp3) is 1.00. The number of rotatable bonds is 3. The smallest absolute Gasteiger partial charge is 0.156 e. The lowest BCUT2D eigenvalue weighted by molar-refractivity contribution is -0.867. The zero-order valence-electron chi connectivity index (χ0n) is 7.27. The Balaban J connectivity index is 3.28. The van der Waals surface area contributed by atoms with Crippen LogP contribution in [0, 0.1) is 0 Å². The number of hydrogen-bond donors (Lipinski definition) is 0. The van der Waals surface area contributed by atoms with Crippen LogP contribution in [0.5, 0.6) is 0 Å². The van der Waals surface area contributed by atoms with Crippen molar-refractivity contribution < 1.29 is 4.48 Å². The molecule has 0 aliphatic heterocycles. The summed E-state index contributed by atoms with van der Waals surface area (Å²) >= 11 is 0. The van der Waals surface area contributed by atoms with Crippen LogP contribution in [-0.4, -0.2) is 50.4 Å². The first-order chi connectivity index (χ1) is 3.92. The van der Waals surface area contributed by atoms with Crippen LogP contribution in [0.15, 0.2) is 0 Å². The van der Waals surface area contributed by atoms with E-state index in [1.54, 1.807) is 0 Å². The molecule has 0 radical (unpaired) electrons. The van der Waals surface area contributed by atoms with Gasteiger partial charge in [0.1, 0.15) is 6.54 Å². The van der Waals surface area contributed by atoms with Gasteiger partial charge in [0.25, 0.3) is 0 Å². The monoisotopic (exact) mass is 149 g/mol. The Hall–Kier alpha value is 0.310. The largest absolute Gasteiger partial charge is 0.327 e. The first-order valence-corrected chi connectivity index (χ1v) is 5.47. The molecule has 0 atom stereocenters. The van der Waals surface area contributed by atoms with Crippen molar-refractivity contribution in [1.82, 2.24) is 0 Å². The Bertz CT molecular complexity index is 73.5. The number of nitrogens with zero attached hydrogens (tertiary/aromatic N) is 1. The molecule has 0 fully saturated rings. The molecule has 0 aliphatic carbocycles. The molecule has 56 valence electrons. The van der Waals surface area contributed by atoms with Gasteiger partial charge >= 0.3 is 0 Å². The molecule has 0 aromatic carbocycles. The molecule has 1 nitrogen and oxygen atoms in total. The summed E-state index contributed by atoms with van der Waals surface area (Å²) in [5, 5.41) is 0. The SMILES string of the molecule is C[S+](C)CC[N+](C)(C)C. The average Bonchev–Trinajstić information content (AvgIpc) is 1.59. The summed E-state index contributed by atoms with van der Waals surface area (Å²) < 4.78 is 1.10. The molecule has 0 saturated heterocycles. The van der Waals surface area contributed by atoms with Crippen LogP contribution in [0.1, 0.15) is 0 Å². The van der Waals surface area contributed by atoms with Crippen molar-refractivity contribution in [3.8, 4) is 0 Å². The Kier molecular flexibility index (Phi) is 3.59. The minimum atomic E-state index is 0.622. The molecule has 9 heavy (non-hydrogen) atoms. The van der Waals surface area contributed by atoms with Crippen LogP contribution >= 0.6 is 0 Å². The van der Waals surface area contributed by atoms with E-state index in [0.29, 0.717) is 10.9 Å². The summed E-state index contributed by atoms with van der Waals surface area (Å²) in [7, 11) is 7.35. The van der Waals surface area contributed by atoms with E-state index in [2.05, 4.69) is 33.7 Å². The normalized spacial score (nSPS) is 12.7. The molecule has 0 N–H and O–H groups in total. The van der Waals surface area contributed by atoms with Crippen LogP contribution in [0.2, 0.25) is 0 Å². The van der Waals surface area contributed by atoms with Gasteiger partial charge in [-0.3, -0.25) is 0 Å². The third-order valence-electron chi connectivity index (χ3n) is 1.17. The fourth-order valence-corrected chi connectivity index (χ4v) is 1.37. The molecule has 0 unspecified atom stereocenters. The molecule has 2 heteroatoms. The molecular formula is C7H19NS+2. The lowest BCUT2D eigenvalue weighted by Gasteiger charge is -2.22. The van der Waals surface area contributed by atoms with E-state index in [1.807, 2.05) is 0 Å². The summed E-state index contributed by atoms with van der Waals surface area (Å²) in [6.07, 6.45) is 4.60. The third kappa shape index (κ3) is 8.31. The average molecular weight is 149 g/mol. The molecule has 0 spiro atoms. The quantitative estimate of drug-likeness (QED) is 0.406. The first kappa shape index (κ1) is 9.31. The maximum absolute atomic E-state index is 2.30. The fourth-order valence-electron chi connectivity index (χ4n) is 0.456. The lowest BCUT2D eigenvalue weighted by atomic mass is 10.6. The molecule has 0 saturated carbocycles. The number of quaternary nitrogens is 1. The van der Waals surface area contributed by atoms with Crippen molar-refractivity contribution in [2.75, 3.05) is 46.0 Å². The van der Waals surface area contributed by atoms with Gasteiger partial charge in [0, 0.05) is 0 Å². The highest BCUT2D eigenvalue weighted by molar-refractivity contribution is 7.95. The molecule has 0 rings (SSSR count). The van der Waals surface area contributed by atoms with Gasteiger partial charge in [0.15, 0.2) is 5.75 Å². The van der Waals surface area contributed by atoms with E-state index >= 15 is 0 Å². The zero-order chi connectivity index (χ0) is 7.49. The molecule has 0 aromatic heterocycles. The highest BCUT2D eigenvalue weighted by Gasteiger charge is 2.11. The predicted octanol–water partition coefficient (Wildman–Crippen LogP) is 0.570. The van der Waals surface area contributed by atoms with Gasteiger partial charge in [0.2, 0.25) is 0 Å². The second kappa shape index (κ2) is 3.47. The van der Waals surface area contributed by atoms with E-state index in [0.717, 1.165) is 4.48 Å². The Labute approximate surface area is 62.0 Å². The summed E-state index contributed by atoms with van der Waals surface area (Å²) in [5.41, 5.74) is 0. The molecule has 0 amide bonds. The van der Waals surface area contributed by atoms with Gasteiger partial charge in [-0.15, -0.1) is 0 Å². The van der Waals surface area contributed by atoms with E-state index in [1.165, 1.54) is 12.3 Å². The topological polar surface area (TPSA) is 0 Å². The molecule has 0 aliphatic rings. The first-order valence-electron chi connectivity index (χ1n) is 3.26. The molecule has 0 aromatic rings. The molecule has 0 bridgehead atoms. The summed E-state index contributed by atoms with van der Waals surface area (Å²) in [6, 6.07) is 0. The second-order valence-corrected chi connectivity index (χ2v) is 6.08. The Morgan fingerprint density at radius 3 is 1.67 bits per heavy atom. The van der Waals surface area contributed by atoms with E-state index < -0.39 is 0 Å². The van der Waals surface area contributed by atoms with E-state index in [9.17, 15) is 0 Å². The van der Waals surface area contributed by atoms with Gasteiger partial charge in [-0.25, -0.2) is 0 Å². The Morgan fingerprint density at radius 1 is 1.11 bits per heavy atom. The highest BCUT2D eigenvalue weighted by atomic mass is 32.2. The summed E-state index contributed by atoms with van der Waals surface area (Å²) in [5.74, 6) is 1.36. The predicted molar refractivity (Wildman–Crippen MR) is 47.0 cm³/mol. The van der Waals surface area contributed by atoms with Gasteiger partial charge in [-0.05, 0) is 10.9 Å². The van der Waals surface area contributed by atoms with Gasteiger partial charge in [-0.2, -0.15) is 0 Å². The van der Waals surface area contributed by atoms with Crippen LogP contribution in [0.4, 0.5) is 0 Å².